The van der Waals surface area contributed by atoms with Crippen LogP contribution in [0.5, 0.6) is 17.2 Å². The van der Waals surface area contributed by atoms with Crippen LogP contribution in [0, 0.1) is 25.1 Å². The lowest BCUT2D eigenvalue weighted by atomic mass is 9.90. The molecule has 1 aliphatic carbocycles. The Hall–Kier alpha value is -3.39. The van der Waals surface area contributed by atoms with Crippen LogP contribution >= 0.6 is 0 Å². The molecular formula is C34H39FO6S. The lowest BCUT2D eigenvalue weighted by Crippen LogP contribution is -2.27. The maximum absolute atomic E-state index is 15.3. The van der Waals surface area contributed by atoms with Crippen molar-refractivity contribution in [3.8, 4) is 28.4 Å². The Labute approximate surface area is 250 Å². The number of ether oxygens (including phenoxy) is 4. The van der Waals surface area contributed by atoms with E-state index in [2.05, 4.69) is 27.7 Å². The van der Waals surface area contributed by atoms with E-state index in [1.165, 1.54) is 13.2 Å². The quantitative estimate of drug-likeness (QED) is 0.236. The Kier molecular flexibility index (Phi) is 8.65. The van der Waals surface area contributed by atoms with Gasteiger partial charge in [0.05, 0.1) is 26.7 Å². The average Bonchev–Trinajstić information content (AvgIpc) is 3.52. The summed E-state index contributed by atoms with van der Waals surface area (Å²) in [5.74, 6) is 2.06. The number of benzene rings is 3. The Morgan fingerprint density at radius 2 is 1.83 bits per heavy atom. The maximum Gasteiger partial charge on any atom is 0.306 e. The topological polar surface area (TPSA) is 71.1 Å². The number of halogens is 1. The van der Waals surface area contributed by atoms with E-state index in [0.717, 1.165) is 39.1 Å². The molecule has 0 spiro atoms. The molecule has 0 fully saturated rings. The summed E-state index contributed by atoms with van der Waals surface area (Å²) in [5, 5.41) is 0. The van der Waals surface area contributed by atoms with E-state index < -0.39 is 16.9 Å². The zero-order chi connectivity index (χ0) is 30.2. The van der Waals surface area contributed by atoms with Crippen molar-refractivity contribution in [2.75, 3.05) is 32.3 Å². The second-order valence-electron chi connectivity index (χ2n) is 12.2. The first-order chi connectivity index (χ1) is 20.0. The van der Waals surface area contributed by atoms with Crippen molar-refractivity contribution in [3.05, 3.63) is 76.1 Å². The van der Waals surface area contributed by atoms with E-state index in [1.807, 2.05) is 36.4 Å². The summed E-state index contributed by atoms with van der Waals surface area (Å²) in [7, 11) is 0.488. The van der Waals surface area contributed by atoms with E-state index in [9.17, 15) is 9.00 Å². The van der Waals surface area contributed by atoms with Crippen LogP contribution < -0.4 is 14.2 Å². The van der Waals surface area contributed by atoms with Crippen molar-refractivity contribution < 1.29 is 32.3 Å². The predicted molar refractivity (Wildman–Crippen MR) is 163 cm³/mol. The van der Waals surface area contributed by atoms with Crippen LogP contribution in [0.2, 0.25) is 0 Å². The fourth-order valence-corrected chi connectivity index (χ4v) is 7.46. The van der Waals surface area contributed by atoms with Crippen LogP contribution in [0.4, 0.5) is 4.39 Å². The Balaban J connectivity index is 1.37. The molecule has 1 heterocycles. The Morgan fingerprint density at radius 3 is 2.52 bits per heavy atom. The largest absolute Gasteiger partial charge is 0.493 e. The highest BCUT2D eigenvalue weighted by atomic mass is 32.2. The standard InChI is InChI=1S/C34H39FO6S/c1-20-13-24(40-18-34(3,4)19-42(6)37)14-21(2)32(20)26-9-11-28(35)33-27(26)10-12-29(33)41-23-7-8-25-22(15-31(36)38-5)17-39-30(25)16-23/h7-9,11,13-14,16,22,29H,10,12,15,17-19H2,1-6H3/t22-,29-,42?/m1/s1. The van der Waals surface area contributed by atoms with Crippen LogP contribution in [-0.2, 0) is 26.8 Å². The van der Waals surface area contributed by atoms with E-state index in [4.69, 9.17) is 18.9 Å². The van der Waals surface area contributed by atoms with Gasteiger partial charge >= 0.3 is 5.97 Å². The minimum atomic E-state index is -0.895. The van der Waals surface area contributed by atoms with E-state index in [-0.39, 0.29) is 29.5 Å². The predicted octanol–water partition coefficient (Wildman–Crippen LogP) is 7.00. The van der Waals surface area contributed by atoms with Gasteiger partial charge in [0.25, 0.3) is 0 Å². The van der Waals surface area contributed by atoms with Crippen LogP contribution in [0.15, 0.2) is 42.5 Å². The molecule has 3 aromatic rings. The zero-order valence-corrected chi connectivity index (χ0v) is 26.0. The summed E-state index contributed by atoms with van der Waals surface area (Å²) in [6, 6.07) is 13.1. The fourth-order valence-electron chi connectivity index (χ4n) is 6.28. The third kappa shape index (κ3) is 6.33. The minimum Gasteiger partial charge on any atom is -0.493 e. The number of rotatable bonds is 10. The molecule has 2 aliphatic rings. The molecule has 5 rings (SSSR count). The van der Waals surface area contributed by atoms with Crippen molar-refractivity contribution >= 4 is 16.8 Å². The summed E-state index contributed by atoms with van der Waals surface area (Å²) in [5.41, 5.74) is 6.53. The number of carbonyl (C=O) groups is 1. The van der Waals surface area contributed by atoms with Gasteiger partial charge in [-0.3, -0.25) is 9.00 Å². The third-order valence-electron chi connectivity index (χ3n) is 8.07. The van der Waals surface area contributed by atoms with Gasteiger partial charge < -0.3 is 18.9 Å². The molecule has 0 bridgehead atoms. The summed E-state index contributed by atoms with van der Waals surface area (Å²) < 4.78 is 50.2. The molecular weight excluding hydrogens is 555 g/mol. The lowest BCUT2D eigenvalue weighted by molar-refractivity contribution is -0.141. The Bertz CT molecular complexity index is 1510. The summed E-state index contributed by atoms with van der Waals surface area (Å²) in [6.07, 6.45) is 2.93. The fraction of sp³-hybridized carbons (Fsp3) is 0.441. The van der Waals surface area contributed by atoms with Crippen molar-refractivity contribution in [3.63, 3.8) is 0 Å². The summed E-state index contributed by atoms with van der Waals surface area (Å²) in [6.45, 7) is 9.10. The molecule has 0 saturated heterocycles. The highest BCUT2D eigenvalue weighted by Crippen LogP contribution is 2.45. The SMILES string of the molecule is COC(=O)C[C@@H]1COc2cc(O[C@@H]3CCc4c(-c5c(C)cc(OCC(C)(C)CS(C)=O)cc5C)ccc(F)c43)ccc21. The number of fused-ring (bicyclic) bond motifs is 2. The highest BCUT2D eigenvalue weighted by Gasteiger charge is 2.32. The molecule has 42 heavy (non-hydrogen) atoms. The van der Waals surface area contributed by atoms with E-state index in [1.54, 1.807) is 6.26 Å². The summed E-state index contributed by atoms with van der Waals surface area (Å²) in [4.78, 5) is 11.8. The van der Waals surface area contributed by atoms with Gasteiger partial charge in [-0.25, -0.2) is 4.39 Å². The smallest absolute Gasteiger partial charge is 0.306 e. The lowest BCUT2D eigenvalue weighted by Gasteiger charge is -2.24. The molecule has 0 saturated carbocycles. The molecule has 3 atom stereocenters. The molecule has 224 valence electrons. The normalized spacial score (nSPS) is 18.2. The van der Waals surface area contributed by atoms with E-state index in [0.29, 0.717) is 48.9 Å². The average molecular weight is 595 g/mol. The van der Waals surface area contributed by atoms with Gasteiger partial charge in [0, 0.05) is 51.3 Å². The molecule has 8 heteroatoms. The monoisotopic (exact) mass is 594 g/mol. The van der Waals surface area contributed by atoms with E-state index >= 15 is 4.39 Å². The molecule has 3 aromatic carbocycles. The molecule has 0 amide bonds. The molecule has 1 aliphatic heterocycles. The molecule has 0 radical (unpaired) electrons. The van der Waals surface area contributed by atoms with Gasteiger partial charge in [-0.15, -0.1) is 0 Å². The number of esters is 1. The van der Waals surface area contributed by atoms with Gasteiger partial charge in [-0.05, 0) is 78.8 Å². The Morgan fingerprint density at radius 1 is 1.10 bits per heavy atom. The third-order valence-corrected chi connectivity index (χ3v) is 9.25. The van der Waals surface area contributed by atoms with Gasteiger partial charge in [-0.1, -0.05) is 26.0 Å². The van der Waals surface area contributed by atoms with Crippen LogP contribution in [0.1, 0.15) is 66.5 Å². The van der Waals surface area contributed by atoms with Gasteiger partial charge in [-0.2, -0.15) is 0 Å². The highest BCUT2D eigenvalue weighted by molar-refractivity contribution is 7.84. The van der Waals surface area contributed by atoms with Gasteiger partial charge in [0.2, 0.25) is 0 Å². The van der Waals surface area contributed by atoms with Gasteiger partial charge in [0.1, 0.15) is 29.2 Å². The molecule has 6 nitrogen and oxygen atoms in total. The van der Waals surface area contributed by atoms with Crippen LogP contribution in [0.25, 0.3) is 11.1 Å². The number of hydrogen-bond donors (Lipinski definition) is 0. The second-order valence-corrected chi connectivity index (χ2v) is 13.7. The van der Waals surface area contributed by atoms with Gasteiger partial charge in [0.15, 0.2) is 0 Å². The molecule has 0 N–H and O–H groups in total. The van der Waals surface area contributed by atoms with Crippen LogP contribution in [0.3, 0.4) is 0 Å². The van der Waals surface area contributed by atoms with Crippen molar-refractivity contribution in [1.82, 2.24) is 0 Å². The molecule has 1 unspecified atom stereocenters. The first-order valence-corrected chi connectivity index (χ1v) is 16.0. The van der Waals surface area contributed by atoms with Crippen molar-refractivity contribution in [2.24, 2.45) is 5.41 Å². The molecule has 0 aromatic heterocycles. The van der Waals surface area contributed by atoms with Crippen molar-refractivity contribution in [1.29, 1.82) is 0 Å². The zero-order valence-electron chi connectivity index (χ0n) is 25.2. The number of hydrogen-bond acceptors (Lipinski definition) is 6. The number of aryl methyl sites for hydroxylation is 2. The summed E-state index contributed by atoms with van der Waals surface area (Å²) >= 11 is 0. The first kappa shape index (κ1) is 30.1. The number of methoxy groups -OCH3 is 1. The first-order valence-electron chi connectivity index (χ1n) is 14.3. The number of carbonyl (C=O) groups excluding carboxylic acids is 1. The van der Waals surface area contributed by atoms with Crippen molar-refractivity contribution in [2.45, 2.75) is 59.0 Å². The van der Waals surface area contributed by atoms with Crippen LogP contribution in [-0.4, -0.2) is 42.5 Å². The minimum absolute atomic E-state index is 0.0506. The maximum atomic E-state index is 15.3. The second kappa shape index (κ2) is 12.1.